The fourth-order valence-corrected chi connectivity index (χ4v) is 5.04. The summed E-state index contributed by atoms with van der Waals surface area (Å²) in [5, 5.41) is 1.95. The van der Waals surface area contributed by atoms with Crippen molar-refractivity contribution < 1.29 is 45.1 Å². The summed E-state index contributed by atoms with van der Waals surface area (Å²) in [5.74, 6) is -0.732. The van der Waals surface area contributed by atoms with Gasteiger partial charge < -0.3 is 0 Å². The van der Waals surface area contributed by atoms with E-state index >= 15 is 0 Å². The Bertz CT molecular complexity index is 1500. The van der Waals surface area contributed by atoms with Crippen LogP contribution in [0.1, 0.15) is 24.0 Å². The molecule has 0 saturated carbocycles. The molecule has 0 radical (unpaired) electrons. The van der Waals surface area contributed by atoms with E-state index in [9.17, 15) is 16.8 Å². The van der Waals surface area contributed by atoms with Crippen LogP contribution >= 0.6 is 0 Å². The fourth-order valence-electron chi connectivity index (χ4n) is 4.08. The molecule has 37 heavy (non-hydrogen) atoms. The zero-order valence-corrected chi connectivity index (χ0v) is 21.6. The first-order chi connectivity index (χ1) is 17.6. The van der Waals surface area contributed by atoms with Gasteiger partial charge in [0.05, 0.1) is 22.3 Å². The molecule has 0 bridgehead atoms. The summed E-state index contributed by atoms with van der Waals surface area (Å²) < 4.78 is 64.8. The average Bonchev–Trinajstić information content (AvgIpc) is 2.85. The van der Waals surface area contributed by atoms with Crippen LogP contribution < -0.4 is 19.1 Å². The van der Waals surface area contributed by atoms with Crippen molar-refractivity contribution in [3.63, 3.8) is 0 Å². The maximum absolute atomic E-state index is 10.9. The van der Waals surface area contributed by atoms with E-state index in [2.05, 4.69) is 0 Å². The lowest BCUT2D eigenvalue weighted by Crippen LogP contribution is -2.44. The second kappa shape index (κ2) is 11.4. The summed E-state index contributed by atoms with van der Waals surface area (Å²) in [5.41, 5.74) is 3.77. The normalized spacial score (nSPS) is 12.2. The van der Waals surface area contributed by atoms with Crippen LogP contribution in [0.5, 0.6) is 0 Å². The van der Waals surface area contributed by atoms with Gasteiger partial charge in [-0.15, -0.1) is 0 Å². The van der Waals surface area contributed by atoms with Crippen LogP contribution in [-0.2, 0) is 26.7 Å². The average molecular weight is 549 g/mol. The number of rotatable bonds is 12. The van der Waals surface area contributed by atoms with E-state index in [1.807, 2.05) is 60.7 Å². The maximum atomic E-state index is 10.9. The predicted octanol–water partition coefficient (Wildman–Crippen LogP) is 1.57. The molecule has 2 aromatic carbocycles. The second-order valence-electron chi connectivity index (χ2n) is 8.49. The Morgan fingerprint density at radius 1 is 0.622 bits per heavy atom. The molecular weight excluding hydrogens is 520 g/mol. The van der Waals surface area contributed by atoms with Gasteiger partial charge >= 0.3 is 0 Å². The molecule has 0 amide bonds. The smallest absolute Gasteiger partial charge is 0.264 e. The van der Waals surface area contributed by atoms with E-state index in [1.54, 1.807) is 21.9 Å². The van der Waals surface area contributed by atoms with Gasteiger partial charge in [-0.05, 0) is 29.7 Å². The summed E-state index contributed by atoms with van der Waals surface area (Å²) in [4.78, 5) is 11.5. The lowest BCUT2D eigenvalue weighted by molar-refractivity contribution is -0.871. The van der Waals surface area contributed by atoms with Gasteiger partial charge in [0.1, 0.15) is 0 Å². The Morgan fingerprint density at radius 3 is 1.43 bits per heavy atom. The Hall–Kier alpha value is -3.32. The van der Waals surface area contributed by atoms with E-state index in [-0.39, 0.29) is 37.6 Å². The fraction of sp³-hybridized carbons (Fsp3) is 0.280. The molecule has 10 nitrogen and oxygen atoms in total. The molecule has 0 saturated heterocycles. The molecule has 0 fully saturated rings. The van der Waals surface area contributed by atoms with E-state index in [0.29, 0.717) is 6.42 Å². The van der Waals surface area contributed by atoms with E-state index in [1.165, 1.54) is 0 Å². The molecule has 4 rings (SSSR count). The number of pyridine rings is 2. The standard InChI is InChI=1S/C25H26N2O8S2/c28-36(29,30)17-5-15-34-26-13-11-20(22-7-1-3-9-24(22)26)19-21-12-14-27(25-10-4-2-8-23(21)25)35-16-6-18-37(31,32)33/h1-4,7-14H,5-6,15-19H2/p+2. The first-order valence-electron chi connectivity index (χ1n) is 11.6. The summed E-state index contributed by atoms with van der Waals surface area (Å²) in [6.07, 6.45) is 4.52. The molecule has 0 unspecified atom stereocenters. The van der Waals surface area contributed by atoms with E-state index in [0.717, 1.165) is 32.9 Å². The summed E-state index contributed by atoms with van der Waals surface area (Å²) in [6.45, 7) is 0.253. The van der Waals surface area contributed by atoms with Gasteiger partial charge in [0.2, 0.25) is 12.4 Å². The highest BCUT2D eigenvalue weighted by atomic mass is 32.2. The largest absolute Gasteiger partial charge is 0.286 e. The van der Waals surface area contributed by atoms with Gasteiger partial charge in [0, 0.05) is 46.6 Å². The highest BCUT2D eigenvalue weighted by Gasteiger charge is 2.19. The molecule has 4 aromatic rings. The Balaban J connectivity index is 1.56. The molecule has 196 valence electrons. The molecule has 0 aliphatic heterocycles. The summed E-state index contributed by atoms with van der Waals surface area (Å²) in [6, 6.07) is 19.4. The van der Waals surface area contributed by atoms with Crippen molar-refractivity contribution in [2.45, 2.75) is 19.3 Å². The van der Waals surface area contributed by atoms with Crippen LogP contribution in [0.4, 0.5) is 0 Å². The number of hydrogen-bond donors (Lipinski definition) is 2. The van der Waals surface area contributed by atoms with Crippen molar-refractivity contribution in [3.05, 3.63) is 84.2 Å². The summed E-state index contributed by atoms with van der Waals surface area (Å²) in [7, 11) is -8.06. The van der Waals surface area contributed by atoms with Gasteiger partial charge in [-0.2, -0.15) is 16.8 Å². The van der Waals surface area contributed by atoms with E-state index in [4.69, 9.17) is 18.8 Å². The molecule has 0 spiro atoms. The lowest BCUT2D eigenvalue weighted by Gasteiger charge is -2.09. The minimum atomic E-state index is -4.03. The zero-order valence-electron chi connectivity index (χ0n) is 19.9. The number of hydrogen-bond acceptors (Lipinski definition) is 6. The topological polar surface area (TPSA) is 135 Å². The van der Waals surface area contributed by atoms with Gasteiger partial charge in [0.15, 0.2) is 13.2 Å². The third-order valence-electron chi connectivity index (χ3n) is 5.73. The van der Waals surface area contributed by atoms with Crippen LogP contribution in [0.15, 0.2) is 73.1 Å². The quantitative estimate of drug-likeness (QED) is 0.155. The number of benzene rings is 2. The SMILES string of the molecule is O=S(=O)(O)CCCO[n+]1ccc(Cc2cc[n+](OCCCS(=O)(=O)O)c3ccccc23)c2ccccc21. The monoisotopic (exact) mass is 548 g/mol. The maximum Gasteiger partial charge on any atom is 0.264 e. The predicted molar refractivity (Wildman–Crippen MR) is 136 cm³/mol. The molecule has 2 N–H and O–H groups in total. The minimum Gasteiger partial charge on any atom is -0.286 e. The number of aromatic nitrogens is 2. The first kappa shape index (κ1) is 26.7. The van der Waals surface area contributed by atoms with Gasteiger partial charge in [-0.25, -0.2) is 0 Å². The number of fused-ring (bicyclic) bond motifs is 2. The van der Waals surface area contributed by atoms with Crippen LogP contribution in [0.3, 0.4) is 0 Å². The number of para-hydroxylation sites is 2. The molecule has 0 aliphatic carbocycles. The molecule has 2 aromatic heterocycles. The molecular formula is C25H28N2O8S2+2. The Labute approximate surface area is 215 Å². The third-order valence-corrected chi connectivity index (χ3v) is 7.34. The molecule has 0 aliphatic rings. The zero-order chi connectivity index (χ0) is 26.5. The number of nitrogens with zero attached hydrogens (tertiary/aromatic N) is 2. The van der Waals surface area contributed by atoms with Gasteiger partial charge in [0.25, 0.3) is 31.3 Å². The Kier molecular flexibility index (Phi) is 8.22. The van der Waals surface area contributed by atoms with Crippen LogP contribution in [0.25, 0.3) is 21.8 Å². The first-order valence-corrected chi connectivity index (χ1v) is 14.8. The van der Waals surface area contributed by atoms with Crippen molar-refractivity contribution in [1.82, 2.24) is 0 Å². The van der Waals surface area contributed by atoms with Crippen LogP contribution in [-0.4, -0.2) is 50.7 Å². The van der Waals surface area contributed by atoms with Crippen molar-refractivity contribution in [2.24, 2.45) is 0 Å². The highest BCUT2D eigenvalue weighted by Crippen LogP contribution is 2.22. The summed E-state index contributed by atoms with van der Waals surface area (Å²) >= 11 is 0. The highest BCUT2D eigenvalue weighted by molar-refractivity contribution is 7.86. The van der Waals surface area contributed by atoms with Gasteiger partial charge in [-0.3, -0.25) is 18.8 Å². The van der Waals surface area contributed by atoms with Crippen LogP contribution in [0, 0.1) is 0 Å². The molecule has 2 heterocycles. The van der Waals surface area contributed by atoms with Crippen molar-refractivity contribution >= 4 is 42.0 Å². The minimum absolute atomic E-state index is 0.126. The van der Waals surface area contributed by atoms with Gasteiger partial charge in [-0.1, -0.05) is 24.3 Å². The Morgan fingerprint density at radius 2 is 1.03 bits per heavy atom. The van der Waals surface area contributed by atoms with E-state index < -0.39 is 20.2 Å². The molecule has 0 atom stereocenters. The van der Waals surface area contributed by atoms with Crippen molar-refractivity contribution in [1.29, 1.82) is 0 Å². The van der Waals surface area contributed by atoms with Crippen LogP contribution in [0.2, 0.25) is 0 Å². The second-order valence-corrected chi connectivity index (χ2v) is 11.6. The lowest BCUT2D eigenvalue weighted by atomic mass is 9.99. The third kappa shape index (κ3) is 7.35. The van der Waals surface area contributed by atoms with Crippen molar-refractivity contribution in [3.8, 4) is 0 Å². The van der Waals surface area contributed by atoms with Crippen molar-refractivity contribution in [2.75, 3.05) is 24.7 Å². The molecule has 12 heteroatoms.